The monoisotopic (exact) mass is 467 g/mol. The van der Waals surface area contributed by atoms with Gasteiger partial charge < -0.3 is 4.90 Å². The fourth-order valence-electron chi connectivity index (χ4n) is 4.82. The van der Waals surface area contributed by atoms with Crippen LogP contribution in [-0.2, 0) is 22.7 Å². The number of fused-ring (bicyclic) bond motifs is 1. The van der Waals surface area contributed by atoms with E-state index in [2.05, 4.69) is 21.3 Å². The third-order valence-corrected chi connectivity index (χ3v) is 9.17. The number of benzene rings is 1. The van der Waals surface area contributed by atoms with E-state index in [0.717, 1.165) is 48.8 Å². The Kier molecular flexibility index (Phi) is 5.77. The molecule has 2 aromatic rings. The van der Waals surface area contributed by atoms with Crippen LogP contribution in [0.5, 0.6) is 0 Å². The Bertz CT molecular complexity index is 1130. The highest BCUT2D eigenvalue weighted by molar-refractivity contribution is 7.69. The first-order valence-corrected chi connectivity index (χ1v) is 13.9. The zero-order chi connectivity index (χ0) is 23.2. The van der Waals surface area contributed by atoms with Crippen molar-refractivity contribution >= 4 is 25.2 Å². The van der Waals surface area contributed by atoms with Crippen LogP contribution < -0.4 is 5.32 Å². The van der Waals surface area contributed by atoms with E-state index in [1.165, 1.54) is 5.56 Å². The average Bonchev–Trinajstić information content (AvgIpc) is 3.11. The van der Waals surface area contributed by atoms with Gasteiger partial charge in [0.25, 0.3) is 5.91 Å². The topological polar surface area (TPSA) is 103 Å². The Labute approximate surface area is 193 Å². The summed E-state index contributed by atoms with van der Waals surface area (Å²) in [4.78, 5) is 55.4. The van der Waals surface area contributed by atoms with E-state index in [4.69, 9.17) is 0 Å². The van der Waals surface area contributed by atoms with Gasteiger partial charge in [-0.1, -0.05) is 6.07 Å². The molecule has 172 valence electrons. The molecular formula is C24H28N4O4P+. The van der Waals surface area contributed by atoms with Gasteiger partial charge in [-0.2, -0.15) is 0 Å². The summed E-state index contributed by atoms with van der Waals surface area (Å²) in [7, 11) is -1.70. The summed E-state index contributed by atoms with van der Waals surface area (Å²) in [6.07, 6.45) is 4.18. The second-order valence-electron chi connectivity index (χ2n) is 9.38. The second kappa shape index (κ2) is 8.60. The van der Waals surface area contributed by atoms with Crippen molar-refractivity contribution in [3.8, 4) is 11.3 Å². The molecule has 3 aliphatic heterocycles. The molecule has 1 unspecified atom stereocenters. The lowest BCUT2D eigenvalue weighted by molar-refractivity contribution is -0.136. The first kappa shape index (κ1) is 22.1. The molecule has 3 aliphatic rings. The maximum absolute atomic E-state index is 12.9. The number of imide groups is 1. The highest BCUT2D eigenvalue weighted by Gasteiger charge is 2.39. The lowest BCUT2D eigenvalue weighted by Crippen LogP contribution is -2.52. The molecule has 0 radical (unpaired) electrons. The number of carbonyl (C=O) groups is 3. The van der Waals surface area contributed by atoms with Gasteiger partial charge in [-0.05, 0) is 41.8 Å². The predicted molar refractivity (Wildman–Crippen MR) is 126 cm³/mol. The SMILES string of the molecule is C[P+]1(O)CCN(Cc2ccnc(-c3ccc4c(c3)CN(C3CCC(=O)NC3=O)C4=O)c2)CC1. The number of nitrogens with zero attached hydrogens (tertiary/aromatic N) is 3. The van der Waals surface area contributed by atoms with Crippen LogP contribution >= 0.6 is 7.49 Å². The van der Waals surface area contributed by atoms with Crippen LogP contribution in [0, 0.1) is 0 Å². The quantitative estimate of drug-likeness (QED) is 0.526. The van der Waals surface area contributed by atoms with Crippen molar-refractivity contribution < 1.29 is 19.3 Å². The zero-order valence-electron chi connectivity index (χ0n) is 18.7. The molecule has 0 aliphatic carbocycles. The molecule has 1 aromatic carbocycles. The third kappa shape index (κ3) is 4.56. The Morgan fingerprint density at radius 2 is 1.94 bits per heavy atom. The average molecular weight is 467 g/mol. The molecule has 9 heteroatoms. The minimum absolute atomic E-state index is 0.170. The lowest BCUT2D eigenvalue weighted by atomic mass is 10.0. The molecule has 1 atom stereocenters. The van der Waals surface area contributed by atoms with Gasteiger partial charge >= 0.3 is 0 Å². The summed E-state index contributed by atoms with van der Waals surface area (Å²) >= 11 is 0. The predicted octanol–water partition coefficient (Wildman–Crippen LogP) is 1.88. The first-order valence-electron chi connectivity index (χ1n) is 11.3. The standard InChI is InChI=1S/C24H27N4O4P/c1-33(32)10-8-27(9-11-33)14-16-6-7-25-20(12-16)17-2-3-19-18(13-17)15-28(24(19)31)21-4-5-22(29)26-23(21)30/h2-3,6-7,12-13,21,32H,4-5,8-11,14-15H2,1H3/p+1. The van der Waals surface area contributed by atoms with Gasteiger partial charge in [0.1, 0.15) is 13.5 Å². The normalized spacial score (nSPS) is 22.9. The van der Waals surface area contributed by atoms with E-state index in [-0.39, 0.29) is 18.2 Å². The summed E-state index contributed by atoms with van der Waals surface area (Å²) in [5.74, 6) is -0.856. The molecule has 1 aromatic heterocycles. The highest BCUT2D eigenvalue weighted by Crippen LogP contribution is 2.51. The Morgan fingerprint density at radius 1 is 1.15 bits per heavy atom. The van der Waals surface area contributed by atoms with Crippen LogP contribution in [0.1, 0.15) is 34.3 Å². The van der Waals surface area contributed by atoms with Crippen molar-refractivity contribution in [1.82, 2.24) is 20.1 Å². The molecule has 2 N–H and O–H groups in total. The van der Waals surface area contributed by atoms with E-state index < -0.39 is 19.4 Å². The van der Waals surface area contributed by atoms with Gasteiger partial charge in [-0.15, -0.1) is 0 Å². The number of nitrogens with one attached hydrogen (secondary N) is 1. The lowest BCUT2D eigenvalue weighted by Gasteiger charge is -2.30. The number of pyridine rings is 1. The first-order chi connectivity index (χ1) is 15.8. The van der Waals surface area contributed by atoms with Crippen LogP contribution in [-0.4, -0.2) is 75.5 Å². The largest absolute Gasteiger partial charge is 0.322 e. The van der Waals surface area contributed by atoms with Crippen LogP contribution in [0.3, 0.4) is 0 Å². The molecule has 0 bridgehead atoms. The molecule has 2 saturated heterocycles. The number of hydrogen-bond donors (Lipinski definition) is 2. The van der Waals surface area contributed by atoms with Crippen molar-refractivity contribution in [3.63, 3.8) is 0 Å². The van der Waals surface area contributed by atoms with Crippen molar-refractivity contribution in [2.45, 2.75) is 32.0 Å². The number of piperidine rings is 1. The zero-order valence-corrected chi connectivity index (χ0v) is 19.6. The highest BCUT2D eigenvalue weighted by atomic mass is 31.2. The number of carbonyl (C=O) groups excluding carboxylic acids is 3. The number of hydrogen-bond acceptors (Lipinski definition) is 6. The van der Waals surface area contributed by atoms with Crippen LogP contribution in [0.4, 0.5) is 0 Å². The molecule has 5 rings (SSSR count). The molecular weight excluding hydrogens is 439 g/mol. The van der Waals surface area contributed by atoms with Gasteiger partial charge in [0.05, 0.1) is 24.7 Å². The van der Waals surface area contributed by atoms with Gasteiger partial charge in [-0.25, -0.2) is 0 Å². The minimum Gasteiger partial charge on any atom is -0.322 e. The van der Waals surface area contributed by atoms with Crippen LogP contribution in [0.2, 0.25) is 0 Å². The van der Waals surface area contributed by atoms with Gasteiger partial charge in [-0.3, -0.25) is 34.5 Å². The summed E-state index contributed by atoms with van der Waals surface area (Å²) in [6.45, 7) is 5.01. The van der Waals surface area contributed by atoms with Gasteiger partial charge in [0.15, 0.2) is 0 Å². The summed E-state index contributed by atoms with van der Waals surface area (Å²) < 4.78 is 0. The fourth-order valence-corrected chi connectivity index (χ4v) is 6.47. The molecule has 0 saturated carbocycles. The maximum Gasteiger partial charge on any atom is 0.255 e. The third-order valence-electron chi connectivity index (χ3n) is 6.85. The van der Waals surface area contributed by atoms with Crippen molar-refractivity contribution in [3.05, 3.63) is 53.2 Å². The van der Waals surface area contributed by atoms with Gasteiger partial charge in [0, 0.05) is 49.9 Å². The molecule has 2 fully saturated rings. The van der Waals surface area contributed by atoms with Crippen molar-refractivity contribution in [2.24, 2.45) is 0 Å². The van der Waals surface area contributed by atoms with Crippen molar-refractivity contribution in [2.75, 3.05) is 32.1 Å². The number of amides is 3. The van der Waals surface area contributed by atoms with Gasteiger partial charge in [0.2, 0.25) is 11.8 Å². The second-order valence-corrected chi connectivity index (χ2v) is 13.0. The summed E-state index contributed by atoms with van der Waals surface area (Å²) in [5, 5.41) is 2.34. The Hall–Kier alpha value is -2.67. The van der Waals surface area contributed by atoms with E-state index in [0.29, 0.717) is 18.5 Å². The van der Waals surface area contributed by atoms with E-state index in [9.17, 15) is 19.3 Å². The number of aromatic nitrogens is 1. The molecule has 4 heterocycles. The summed E-state index contributed by atoms with van der Waals surface area (Å²) in [6, 6.07) is 9.18. The minimum atomic E-state index is -1.70. The van der Waals surface area contributed by atoms with E-state index in [1.807, 2.05) is 37.1 Å². The maximum atomic E-state index is 12.9. The molecule has 3 amide bonds. The summed E-state index contributed by atoms with van der Waals surface area (Å²) in [5.41, 5.74) is 4.42. The number of rotatable bonds is 4. The Balaban J connectivity index is 1.32. The smallest absolute Gasteiger partial charge is 0.255 e. The Morgan fingerprint density at radius 3 is 2.70 bits per heavy atom. The van der Waals surface area contributed by atoms with Crippen LogP contribution in [0.15, 0.2) is 36.5 Å². The van der Waals surface area contributed by atoms with Crippen molar-refractivity contribution in [1.29, 1.82) is 0 Å². The van der Waals surface area contributed by atoms with Crippen LogP contribution in [0.25, 0.3) is 11.3 Å². The molecule has 8 nitrogen and oxygen atoms in total. The molecule has 0 spiro atoms. The van der Waals surface area contributed by atoms with E-state index in [1.54, 1.807) is 4.90 Å². The molecule has 33 heavy (non-hydrogen) atoms. The van der Waals surface area contributed by atoms with E-state index >= 15 is 0 Å². The fraction of sp³-hybridized carbons (Fsp3) is 0.417.